The molecule has 4 nitrogen and oxygen atoms in total. The van der Waals surface area contributed by atoms with Crippen molar-refractivity contribution in [2.75, 3.05) is 6.26 Å². The fraction of sp³-hybridized carbons (Fsp3) is 0.909. The van der Waals surface area contributed by atoms with Crippen LogP contribution >= 0.6 is 11.8 Å². The molecule has 0 aromatic carbocycles. The predicted octanol–water partition coefficient (Wildman–Crippen LogP) is 1.94. The Morgan fingerprint density at radius 1 is 1.35 bits per heavy atom. The average molecular weight is 280 g/mol. The van der Waals surface area contributed by atoms with E-state index in [0.29, 0.717) is 12.8 Å². The first-order chi connectivity index (χ1) is 7.63. The molecule has 1 N–H and O–H groups in total. The summed E-state index contributed by atoms with van der Waals surface area (Å²) in [5.74, 6) is -0.844. The van der Waals surface area contributed by atoms with Crippen LogP contribution in [0.15, 0.2) is 0 Å². The average Bonchev–Trinajstić information content (AvgIpc) is 2.15. The summed E-state index contributed by atoms with van der Waals surface area (Å²) in [4.78, 5) is 11.0. The molecule has 0 amide bonds. The van der Waals surface area contributed by atoms with E-state index < -0.39 is 20.6 Å². The number of carbonyl (C=O) groups is 1. The lowest BCUT2D eigenvalue weighted by molar-refractivity contribution is -0.138. The molecule has 0 aromatic heterocycles. The zero-order valence-electron chi connectivity index (χ0n) is 10.5. The lowest BCUT2D eigenvalue weighted by Crippen LogP contribution is -2.34. The van der Waals surface area contributed by atoms with Crippen LogP contribution in [0.3, 0.4) is 0 Å². The number of thioether (sulfide) groups is 1. The molecule has 0 aromatic rings. The maximum absolute atomic E-state index is 11.5. The molecular weight excluding hydrogens is 260 g/mol. The van der Waals surface area contributed by atoms with Crippen molar-refractivity contribution in [3.8, 4) is 0 Å². The summed E-state index contributed by atoms with van der Waals surface area (Å²) < 4.78 is 22.2. The lowest BCUT2D eigenvalue weighted by atomic mass is 10.00. The molecule has 1 rings (SSSR count). The predicted molar refractivity (Wildman–Crippen MR) is 70.2 cm³/mol. The Bertz CT molecular complexity index is 386. The molecule has 2 atom stereocenters. The van der Waals surface area contributed by atoms with Crippen LogP contribution < -0.4 is 0 Å². The molecule has 0 heterocycles. The van der Waals surface area contributed by atoms with E-state index >= 15 is 0 Å². The zero-order valence-corrected chi connectivity index (χ0v) is 12.1. The molecule has 0 radical (unpaired) electrons. The molecule has 1 fully saturated rings. The Labute approximate surface area is 107 Å². The van der Waals surface area contributed by atoms with Gasteiger partial charge < -0.3 is 5.11 Å². The van der Waals surface area contributed by atoms with Crippen molar-refractivity contribution in [3.63, 3.8) is 0 Å². The molecule has 1 aliphatic rings. The van der Waals surface area contributed by atoms with Gasteiger partial charge in [-0.05, 0) is 33.1 Å². The second kappa shape index (κ2) is 5.18. The number of rotatable bonds is 4. The molecule has 2 unspecified atom stereocenters. The molecule has 1 aliphatic carbocycles. The summed E-state index contributed by atoms with van der Waals surface area (Å²) in [5, 5.41) is 8.90. The van der Waals surface area contributed by atoms with E-state index in [9.17, 15) is 13.2 Å². The van der Waals surface area contributed by atoms with Gasteiger partial charge >= 0.3 is 5.97 Å². The highest BCUT2D eigenvalue weighted by Gasteiger charge is 2.36. The number of hydrogen-bond acceptors (Lipinski definition) is 4. The monoisotopic (exact) mass is 280 g/mol. The fourth-order valence-corrected chi connectivity index (χ4v) is 4.91. The first kappa shape index (κ1) is 14.8. The van der Waals surface area contributed by atoms with Gasteiger partial charge in [-0.3, -0.25) is 4.79 Å². The van der Waals surface area contributed by atoms with Crippen LogP contribution in [0.5, 0.6) is 0 Å². The third kappa shape index (κ3) is 4.17. The maximum Gasteiger partial charge on any atom is 0.319 e. The fourth-order valence-electron chi connectivity index (χ4n) is 2.07. The van der Waals surface area contributed by atoms with Crippen molar-refractivity contribution in [1.29, 1.82) is 0 Å². The third-order valence-electron chi connectivity index (χ3n) is 3.16. The molecule has 0 aliphatic heterocycles. The minimum atomic E-state index is -3.00. The molecule has 100 valence electrons. The van der Waals surface area contributed by atoms with Crippen LogP contribution in [0.4, 0.5) is 0 Å². The Morgan fingerprint density at radius 2 is 1.94 bits per heavy atom. The highest BCUT2D eigenvalue weighted by atomic mass is 32.2. The van der Waals surface area contributed by atoms with Crippen molar-refractivity contribution in [2.24, 2.45) is 0 Å². The molecule has 17 heavy (non-hydrogen) atoms. The first-order valence-electron chi connectivity index (χ1n) is 5.73. The van der Waals surface area contributed by atoms with Crippen molar-refractivity contribution in [1.82, 2.24) is 0 Å². The van der Waals surface area contributed by atoms with Gasteiger partial charge in [-0.2, -0.15) is 0 Å². The molecule has 0 spiro atoms. The van der Waals surface area contributed by atoms with Gasteiger partial charge in [-0.1, -0.05) is 6.42 Å². The van der Waals surface area contributed by atoms with Gasteiger partial charge in [-0.15, -0.1) is 11.8 Å². The van der Waals surface area contributed by atoms with Crippen molar-refractivity contribution < 1.29 is 18.3 Å². The Morgan fingerprint density at radius 3 is 2.41 bits per heavy atom. The number of carboxylic acids is 1. The van der Waals surface area contributed by atoms with E-state index in [4.69, 9.17) is 5.11 Å². The second-order valence-electron chi connectivity index (χ2n) is 5.17. The Kier molecular flexibility index (Phi) is 4.52. The molecule has 1 saturated carbocycles. The molecule has 6 heteroatoms. The van der Waals surface area contributed by atoms with E-state index in [1.807, 2.05) is 0 Å². The van der Waals surface area contributed by atoms with Crippen LogP contribution in [0, 0.1) is 0 Å². The Balaban J connectivity index is 2.66. The van der Waals surface area contributed by atoms with E-state index in [2.05, 4.69) is 0 Å². The topological polar surface area (TPSA) is 71.4 Å². The minimum Gasteiger partial charge on any atom is -0.480 e. The van der Waals surface area contributed by atoms with Gasteiger partial charge in [0.05, 0.1) is 5.25 Å². The quantitative estimate of drug-likeness (QED) is 0.852. The van der Waals surface area contributed by atoms with Gasteiger partial charge in [0.15, 0.2) is 0 Å². The number of hydrogen-bond donors (Lipinski definition) is 1. The van der Waals surface area contributed by atoms with Gasteiger partial charge in [0, 0.05) is 11.5 Å². The summed E-state index contributed by atoms with van der Waals surface area (Å²) in [7, 11) is -3.00. The van der Waals surface area contributed by atoms with Crippen molar-refractivity contribution in [3.05, 3.63) is 0 Å². The maximum atomic E-state index is 11.5. The normalized spacial score (nSPS) is 26.8. The summed E-state index contributed by atoms with van der Waals surface area (Å²) >= 11 is 1.39. The van der Waals surface area contributed by atoms with Crippen molar-refractivity contribution >= 4 is 27.6 Å². The number of carboxylic acid groups (broad SMARTS) is 1. The van der Waals surface area contributed by atoms with Crippen LogP contribution in [0.1, 0.15) is 39.5 Å². The summed E-state index contributed by atoms with van der Waals surface area (Å²) in [6.07, 6.45) is 4.34. The largest absolute Gasteiger partial charge is 0.480 e. The Hall–Kier alpha value is -0.230. The van der Waals surface area contributed by atoms with E-state index in [1.165, 1.54) is 18.0 Å². The van der Waals surface area contributed by atoms with Crippen LogP contribution in [-0.4, -0.2) is 41.0 Å². The third-order valence-corrected chi connectivity index (χ3v) is 6.32. The van der Waals surface area contributed by atoms with Gasteiger partial charge in [0.1, 0.15) is 14.6 Å². The SMILES string of the molecule is CC(C)(SC1CCCC(S(C)(=O)=O)C1)C(=O)O. The van der Waals surface area contributed by atoms with E-state index in [-0.39, 0.29) is 10.5 Å². The number of sulfone groups is 1. The second-order valence-corrected chi connectivity index (χ2v) is 9.42. The summed E-state index contributed by atoms with van der Waals surface area (Å²) in [6, 6.07) is 0. The van der Waals surface area contributed by atoms with Crippen molar-refractivity contribution in [2.45, 2.75) is 54.8 Å². The van der Waals surface area contributed by atoms with Gasteiger partial charge in [0.25, 0.3) is 0 Å². The highest BCUT2D eigenvalue weighted by Crippen LogP contribution is 2.38. The van der Waals surface area contributed by atoms with Crippen LogP contribution in [-0.2, 0) is 14.6 Å². The molecular formula is C11H20O4S2. The smallest absolute Gasteiger partial charge is 0.319 e. The lowest BCUT2D eigenvalue weighted by Gasteiger charge is -2.31. The zero-order chi connectivity index (χ0) is 13.3. The summed E-state index contributed by atoms with van der Waals surface area (Å²) in [6.45, 7) is 3.34. The van der Waals surface area contributed by atoms with E-state index in [1.54, 1.807) is 13.8 Å². The molecule has 0 bridgehead atoms. The van der Waals surface area contributed by atoms with Gasteiger partial charge in [-0.25, -0.2) is 8.42 Å². The number of aliphatic carboxylic acids is 1. The van der Waals surface area contributed by atoms with Crippen LogP contribution in [0.25, 0.3) is 0 Å². The summed E-state index contributed by atoms with van der Waals surface area (Å²) in [5.41, 5.74) is 0. The molecule has 0 saturated heterocycles. The standard InChI is InChI=1S/C11H20O4S2/c1-11(2,10(12)13)16-8-5-4-6-9(7-8)17(3,14)15/h8-9H,4-7H2,1-3H3,(H,12,13). The first-order valence-corrected chi connectivity index (χ1v) is 8.56. The highest BCUT2D eigenvalue weighted by molar-refractivity contribution is 8.02. The minimum absolute atomic E-state index is 0.134. The van der Waals surface area contributed by atoms with Crippen LogP contribution in [0.2, 0.25) is 0 Å². The van der Waals surface area contributed by atoms with E-state index in [0.717, 1.165) is 12.8 Å². The van der Waals surface area contributed by atoms with Gasteiger partial charge in [0.2, 0.25) is 0 Å².